The lowest BCUT2D eigenvalue weighted by Crippen LogP contribution is -2.10. The van der Waals surface area contributed by atoms with Crippen molar-refractivity contribution in [2.24, 2.45) is 0 Å². The molecule has 25 heavy (non-hydrogen) atoms. The van der Waals surface area contributed by atoms with Gasteiger partial charge in [0.15, 0.2) is 5.13 Å². The minimum Gasteiger partial charge on any atom is -0.493 e. The first-order valence-corrected chi connectivity index (χ1v) is 9.42. The topological polar surface area (TPSA) is 34.1 Å². The maximum Gasteiger partial charge on any atom is 0.420 e. The van der Waals surface area contributed by atoms with Crippen LogP contribution in [-0.4, -0.2) is 11.6 Å². The molecule has 0 radical (unpaired) electrons. The monoisotopic (exact) mass is 370 g/mol. The van der Waals surface area contributed by atoms with Gasteiger partial charge in [-0.1, -0.05) is 19.8 Å². The molecule has 0 spiro atoms. The summed E-state index contributed by atoms with van der Waals surface area (Å²) in [6.45, 7) is 2.33. The molecule has 3 nitrogen and oxygen atoms in total. The highest BCUT2D eigenvalue weighted by molar-refractivity contribution is 7.13. The van der Waals surface area contributed by atoms with Gasteiger partial charge in [-0.3, -0.25) is 0 Å². The van der Waals surface area contributed by atoms with Crippen molar-refractivity contribution in [1.82, 2.24) is 4.98 Å². The molecule has 0 unspecified atom stereocenters. The van der Waals surface area contributed by atoms with Crippen molar-refractivity contribution in [2.75, 3.05) is 11.9 Å². The minimum atomic E-state index is -4.46. The molecule has 0 atom stereocenters. The maximum atomic E-state index is 13.3. The number of nitrogens with one attached hydrogen (secondary N) is 1. The van der Waals surface area contributed by atoms with E-state index in [0.29, 0.717) is 23.3 Å². The molecule has 1 heterocycles. The van der Waals surface area contributed by atoms with Crippen molar-refractivity contribution < 1.29 is 17.9 Å². The fourth-order valence-electron chi connectivity index (χ4n) is 2.52. The number of halogens is 3. The van der Waals surface area contributed by atoms with Crippen molar-refractivity contribution in [3.63, 3.8) is 0 Å². The van der Waals surface area contributed by atoms with E-state index in [2.05, 4.69) is 10.3 Å². The second kappa shape index (κ2) is 7.64. The van der Waals surface area contributed by atoms with Crippen LogP contribution in [-0.2, 0) is 6.18 Å². The first-order chi connectivity index (χ1) is 12.0. The number of hydrogen-bond acceptors (Lipinski definition) is 4. The van der Waals surface area contributed by atoms with Crippen LogP contribution in [0.1, 0.15) is 56.2 Å². The predicted molar refractivity (Wildman–Crippen MR) is 93.8 cm³/mol. The molecule has 1 fully saturated rings. The zero-order valence-electron chi connectivity index (χ0n) is 14.0. The number of rotatable bonds is 8. The number of unbranched alkanes of at least 4 members (excludes halogenated alkanes) is 2. The van der Waals surface area contributed by atoms with Gasteiger partial charge in [0.25, 0.3) is 0 Å². The highest BCUT2D eigenvalue weighted by Crippen LogP contribution is 2.42. The average Bonchev–Trinajstić information content (AvgIpc) is 3.32. The van der Waals surface area contributed by atoms with Crippen LogP contribution in [0.2, 0.25) is 0 Å². The number of ether oxygens (including phenoxy) is 1. The number of alkyl halides is 3. The van der Waals surface area contributed by atoms with E-state index in [0.717, 1.165) is 43.9 Å². The smallest absolute Gasteiger partial charge is 0.420 e. The first-order valence-electron chi connectivity index (χ1n) is 8.54. The molecular weight excluding hydrogens is 349 g/mol. The Balaban J connectivity index is 1.73. The number of thiazole rings is 1. The molecule has 7 heteroatoms. The summed E-state index contributed by atoms with van der Waals surface area (Å²) in [5.41, 5.74) is 0.636. The van der Waals surface area contributed by atoms with Crippen LogP contribution in [0.25, 0.3) is 0 Å². The van der Waals surface area contributed by atoms with Gasteiger partial charge >= 0.3 is 6.18 Å². The lowest BCUT2D eigenvalue weighted by Gasteiger charge is -2.15. The predicted octanol–water partition coefficient (Wildman–Crippen LogP) is 6.35. The van der Waals surface area contributed by atoms with Crippen LogP contribution in [0.3, 0.4) is 0 Å². The average molecular weight is 370 g/mol. The van der Waals surface area contributed by atoms with E-state index in [4.69, 9.17) is 4.74 Å². The highest BCUT2D eigenvalue weighted by atomic mass is 32.1. The van der Waals surface area contributed by atoms with Gasteiger partial charge in [0.2, 0.25) is 0 Å². The summed E-state index contributed by atoms with van der Waals surface area (Å²) in [4.78, 5) is 4.45. The molecule has 0 saturated heterocycles. The Labute approximate surface area is 149 Å². The summed E-state index contributed by atoms with van der Waals surface area (Å²) in [7, 11) is 0. The Morgan fingerprint density at radius 1 is 1.28 bits per heavy atom. The molecule has 136 valence electrons. The third-order valence-corrected chi connectivity index (χ3v) is 4.84. The summed E-state index contributed by atoms with van der Waals surface area (Å²) in [5, 5.41) is 5.56. The third-order valence-electron chi connectivity index (χ3n) is 4.06. The lowest BCUT2D eigenvalue weighted by atomic mass is 10.1. The lowest BCUT2D eigenvalue weighted by molar-refractivity contribution is -0.138. The molecule has 1 N–H and O–H groups in total. The van der Waals surface area contributed by atoms with E-state index in [1.165, 1.54) is 17.4 Å². The van der Waals surface area contributed by atoms with Gasteiger partial charge in [-0.15, -0.1) is 11.3 Å². The highest BCUT2D eigenvalue weighted by Gasteiger charge is 2.35. The van der Waals surface area contributed by atoms with Crippen molar-refractivity contribution in [3.05, 3.63) is 34.8 Å². The van der Waals surface area contributed by atoms with E-state index in [1.54, 1.807) is 6.07 Å². The number of aromatic nitrogens is 1. The number of hydrogen-bond donors (Lipinski definition) is 1. The van der Waals surface area contributed by atoms with Gasteiger partial charge in [-0.2, -0.15) is 13.2 Å². The first kappa shape index (κ1) is 18.0. The maximum absolute atomic E-state index is 13.3. The van der Waals surface area contributed by atoms with Crippen LogP contribution in [0.15, 0.2) is 23.6 Å². The fraction of sp³-hybridized carbons (Fsp3) is 0.500. The molecule has 2 aromatic rings. The number of anilines is 2. The van der Waals surface area contributed by atoms with Crippen LogP contribution in [0.5, 0.6) is 5.75 Å². The Morgan fingerprint density at radius 3 is 2.76 bits per heavy atom. The molecule has 0 aliphatic heterocycles. The molecule has 1 aliphatic rings. The molecule has 0 amide bonds. The zero-order chi connectivity index (χ0) is 17.9. The van der Waals surface area contributed by atoms with Gasteiger partial charge in [0.1, 0.15) is 5.75 Å². The number of nitrogens with zero attached hydrogens (tertiary/aromatic N) is 1. The summed E-state index contributed by atoms with van der Waals surface area (Å²) in [6, 6.07) is 4.07. The van der Waals surface area contributed by atoms with E-state index >= 15 is 0 Å². The summed E-state index contributed by atoms with van der Waals surface area (Å²) in [5.74, 6) is 0.406. The summed E-state index contributed by atoms with van der Waals surface area (Å²) in [6.07, 6.45) is 0.511. The van der Waals surface area contributed by atoms with Crippen molar-refractivity contribution >= 4 is 22.2 Å². The molecule has 0 bridgehead atoms. The van der Waals surface area contributed by atoms with Gasteiger partial charge < -0.3 is 10.1 Å². The largest absolute Gasteiger partial charge is 0.493 e. The van der Waals surface area contributed by atoms with Crippen molar-refractivity contribution in [2.45, 2.75) is 51.1 Å². The normalized spacial score (nSPS) is 14.6. The minimum absolute atomic E-state index is 0.119. The Hall–Kier alpha value is -1.76. The van der Waals surface area contributed by atoms with Crippen LogP contribution >= 0.6 is 11.3 Å². The molecule has 1 aromatic carbocycles. The van der Waals surface area contributed by atoms with Crippen LogP contribution in [0, 0.1) is 0 Å². The van der Waals surface area contributed by atoms with Gasteiger partial charge in [-0.25, -0.2) is 4.98 Å². The summed E-state index contributed by atoms with van der Waals surface area (Å²) >= 11 is 1.41. The molecule has 1 aliphatic carbocycles. The van der Waals surface area contributed by atoms with E-state index in [1.807, 2.05) is 12.3 Å². The molecule has 1 aromatic heterocycles. The number of benzene rings is 1. The van der Waals surface area contributed by atoms with E-state index < -0.39 is 11.7 Å². The van der Waals surface area contributed by atoms with E-state index in [-0.39, 0.29) is 5.75 Å². The second-order valence-electron chi connectivity index (χ2n) is 6.24. The molecule has 1 saturated carbocycles. The van der Waals surface area contributed by atoms with Gasteiger partial charge in [-0.05, 0) is 37.5 Å². The fourth-order valence-corrected chi connectivity index (χ4v) is 3.34. The quantitative estimate of drug-likeness (QED) is 0.550. The van der Waals surface area contributed by atoms with E-state index in [9.17, 15) is 13.2 Å². The standard InChI is InChI=1S/C18H21F3N2OS/c1-2-3-4-9-24-16-8-7-13(10-14(16)18(19,20)21)22-17-23-15(11-25-17)12-5-6-12/h7-8,10-12H,2-6,9H2,1H3,(H,22,23). The van der Waals surface area contributed by atoms with Crippen molar-refractivity contribution in [1.29, 1.82) is 0 Å². The second-order valence-corrected chi connectivity index (χ2v) is 7.10. The van der Waals surface area contributed by atoms with Crippen LogP contribution in [0.4, 0.5) is 24.0 Å². The Morgan fingerprint density at radius 2 is 2.08 bits per heavy atom. The SMILES string of the molecule is CCCCCOc1ccc(Nc2nc(C3CC3)cs2)cc1C(F)(F)F. The molecule has 3 rings (SSSR count). The Bertz CT molecular complexity index is 711. The van der Waals surface area contributed by atoms with Crippen LogP contribution < -0.4 is 10.1 Å². The molecular formula is C18H21F3N2OS. The van der Waals surface area contributed by atoms with Gasteiger partial charge in [0, 0.05) is 17.0 Å². The third kappa shape index (κ3) is 4.87. The summed E-state index contributed by atoms with van der Waals surface area (Å²) < 4.78 is 45.4. The van der Waals surface area contributed by atoms with Gasteiger partial charge in [0.05, 0.1) is 17.9 Å². The zero-order valence-corrected chi connectivity index (χ0v) is 14.8. The Kier molecular flexibility index (Phi) is 5.51. The van der Waals surface area contributed by atoms with Crippen molar-refractivity contribution in [3.8, 4) is 5.75 Å².